The molecule has 1 aliphatic rings. The van der Waals surface area contributed by atoms with Crippen LogP contribution in [0.4, 0.5) is 0 Å². The van der Waals surface area contributed by atoms with Crippen molar-refractivity contribution in [1.82, 2.24) is 10.3 Å². The first-order chi connectivity index (χ1) is 7.65. The van der Waals surface area contributed by atoms with Crippen molar-refractivity contribution >= 4 is 11.3 Å². The molecule has 16 heavy (non-hydrogen) atoms. The Hall–Kier alpha value is -0.410. The number of thiazole rings is 1. The van der Waals surface area contributed by atoms with Gasteiger partial charge in [0.05, 0.1) is 6.04 Å². The summed E-state index contributed by atoms with van der Waals surface area (Å²) in [5.41, 5.74) is 0. The first-order valence-corrected chi connectivity index (χ1v) is 7.15. The second kappa shape index (κ2) is 5.28. The van der Waals surface area contributed by atoms with E-state index in [1.165, 1.54) is 35.6 Å². The molecule has 1 fully saturated rings. The van der Waals surface area contributed by atoms with Crippen LogP contribution < -0.4 is 5.32 Å². The number of nitrogens with one attached hydrogen (secondary N) is 1. The summed E-state index contributed by atoms with van der Waals surface area (Å²) in [4.78, 5) is 5.76. The predicted molar refractivity (Wildman–Crippen MR) is 69.8 cm³/mol. The molecule has 0 spiro atoms. The van der Waals surface area contributed by atoms with Crippen LogP contribution in [0.5, 0.6) is 0 Å². The lowest BCUT2D eigenvalue weighted by molar-refractivity contribution is 0.291. The zero-order valence-electron chi connectivity index (χ0n) is 10.5. The molecule has 1 N–H and O–H groups in total. The number of aryl methyl sites for hydroxylation is 1. The zero-order chi connectivity index (χ0) is 11.5. The quantitative estimate of drug-likeness (QED) is 0.869. The van der Waals surface area contributed by atoms with E-state index in [1.807, 2.05) is 17.5 Å². The summed E-state index contributed by atoms with van der Waals surface area (Å²) >= 11 is 1.81. The molecule has 1 atom stereocenters. The second-order valence-electron chi connectivity index (χ2n) is 5.15. The largest absolute Gasteiger partial charge is 0.305 e. The molecular formula is C13H22N2S. The molecule has 3 heteroatoms. The summed E-state index contributed by atoms with van der Waals surface area (Å²) in [6.45, 7) is 6.72. The molecule has 1 saturated carbocycles. The minimum atomic E-state index is 0.414. The Balaban J connectivity index is 1.85. The Labute approximate surface area is 102 Å². The van der Waals surface area contributed by atoms with Gasteiger partial charge in [0.1, 0.15) is 5.01 Å². The fraction of sp³-hybridized carbons (Fsp3) is 0.769. The summed E-state index contributed by atoms with van der Waals surface area (Å²) in [5, 5.41) is 4.95. The number of hydrogen-bond donors (Lipinski definition) is 1. The van der Waals surface area contributed by atoms with Crippen molar-refractivity contribution in [3.8, 4) is 0 Å². The molecule has 1 unspecified atom stereocenters. The van der Waals surface area contributed by atoms with Gasteiger partial charge in [-0.15, -0.1) is 11.3 Å². The standard InChI is InChI=1S/C13H22N2S/c1-9-4-6-12(7-5-9)15-11(3)13-14-8-10(2)16-13/h8-9,11-12,15H,4-7H2,1-3H3. The number of rotatable bonds is 3. The first kappa shape index (κ1) is 12.1. The van der Waals surface area contributed by atoms with Crippen LogP contribution in [0, 0.1) is 12.8 Å². The Morgan fingerprint density at radius 2 is 2.06 bits per heavy atom. The van der Waals surface area contributed by atoms with Crippen LogP contribution >= 0.6 is 11.3 Å². The lowest BCUT2D eigenvalue weighted by Gasteiger charge is -2.29. The van der Waals surface area contributed by atoms with E-state index < -0.39 is 0 Å². The summed E-state index contributed by atoms with van der Waals surface area (Å²) in [5.74, 6) is 0.926. The van der Waals surface area contributed by atoms with Crippen LogP contribution in [0.15, 0.2) is 6.20 Å². The lowest BCUT2D eigenvalue weighted by Crippen LogP contribution is -2.34. The lowest BCUT2D eigenvalue weighted by atomic mass is 9.87. The molecule has 90 valence electrons. The molecule has 1 aromatic rings. The minimum Gasteiger partial charge on any atom is -0.305 e. The fourth-order valence-electron chi connectivity index (χ4n) is 2.42. The van der Waals surface area contributed by atoms with E-state index in [9.17, 15) is 0 Å². The van der Waals surface area contributed by atoms with Crippen molar-refractivity contribution in [2.75, 3.05) is 0 Å². The second-order valence-corrected chi connectivity index (χ2v) is 6.42. The van der Waals surface area contributed by atoms with Gasteiger partial charge in [-0.1, -0.05) is 6.92 Å². The molecule has 0 amide bonds. The smallest absolute Gasteiger partial charge is 0.109 e. The third-order valence-corrected chi connectivity index (χ3v) is 4.61. The van der Waals surface area contributed by atoms with Gasteiger partial charge in [-0.2, -0.15) is 0 Å². The third-order valence-electron chi connectivity index (χ3n) is 3.51. The van der Waals surface area contributed by atoms with E-state index >= 15 is 0 Å². The zero-order valence-corrected chi connectivity index (χ0v) is 11.3. The van der Waals surface area contributed by atoms with Gasteiger partial charge in [-0.05, 0) is 45.4 Å². The van der Waals surface area contributed by atoms with Crippen LogP contribution in [0.1, 0.15) is 55.5 Å². The van der Waals surface area contributed by atoms with Gasteiger partial charge < -0.3 is 5.32 Å². The van der Waals surface area contributed by atoms with Gasteiger partial charge in [0, 0.05) is 17.1 Å². The monoisotopic (exact) mass is 238 g/mol. The normalized spacial score (nSPS) is 27.9. The van der Waals surface area contributed by atoms with Crippen LogP contribution in [-0.4, -0.2) is 11.0 Å². The molecule has 2 nitrogen and oxygen atoms in total. The molecule has 1 aromatic heterocycles. The molecule has 0 aromatic carbocycles. The van der Waals surface area contributed by atoms with E-state index in [-0.39, 0.29) is 0 Å². The highest BCUT2D eigenvalue weighted by Crippen LogP contribution is 2.26. The SMILES string of the molecule is Cc1cnc(C(C)NC2CCC(C)CC2)s1. The highest BCUT2D eigenvalue weighted by atomic mass is 32.1. The molecule has 1 heterocycles. The van der Waals surface area contributed by atoms with E-state index in [4.69, 9.17) is 0 Å². The molecule has 0 bridgehead atoms. The van der Waals surface area contributed by atoms with Gasteiger partial charge in [0.2, 0.25) is 0 Å². The minimum absolute atomic E-state index is 0.414. The van der Waals surface area contributed by atoms with E-state index in [2.05, 4.69) is 31.1 Å². The summed E-state index contributed by atoms with van der Waals surface area (Å²) < 4.78 is 0. The summed E-state index contributed by atoms with van der Waals surface area (Å²) in [6.07, 6.45) is 7.38. The van der Waals surface area contributed by atoms with Crippen LogP contribution in [0.2, 0.25) is 0 Å². The highest BCUT2D eigenvalue weighted by molar-refractivity contribution is 7.11. The molecule has 0 aliphatic heterocycles. The molecular weight excluding hydrogens is 216 g/mol. The maximum Gasteiger partial charge on any atom is 0.109 e. The van der Waals surface area contributed by atoms with Gasteiger partial charge >= 0.3 is 0 Å². The average molecular weight is 238 g/mol. The van der Waals surface area contributed by atoms with Crippen molar-refractivity contribution in [3.05, 3.63) is 16.1 Å². The number of nitrogens with zero attached hydrogens (tertiary/aromatic N) is 1. The van der Waals surface area contributed by atoms with Crippen molar-refractivity contribution in [2.45, 2.75) is 58.5 Å². The Bertz CT molecular complexity index is 326. The Morgan fingerprint density at radius 1 is 1.38 bits per heavy atom. The van der Waals surface area contributed by atoms with E-state index in [0.29, 0.717) is 12.1 Å². The van der Waals surface area contributed by atoms with Crippen LogP contribution in [0.3, 0.4) is 0 Å². The van der Waals surface area contributed by atoms with E-state index in [0.717, 1.165) is 5.92 Å². The van der Waals surface area contributed by atoms with Gasteiger partial charge in [-0.25, -0.2) is 4.98 Å². The number of hydrogen-bond acceptors (Lipinski definition) is 3. The summed E-state index contributed by atoms with van der Waals surface area (Å²) in [7, 11) is 0. The van der Waals surface area contributed by atoms with Crippen molar-refractivity contribution in [2.24, 2.45) is 5.92 Å². The molecule has 1 aliphatic carbocycles. The maximum atomic E-state index is 4.45. The van der Waals surface area contributed by atoms with Crippen molar-refractivity contribution < 1.29 is 0 Å². The van der Waals surface area contributed by atoms with E-state index in [1.54, 1.807) is 0 Å². The Kier molecular flexibility index (Phi) is 3.98. The summed E-state index contributed by atoms with van der Waals surface area (Å²) in [6, 6.07) is 1.12. The molecule has 0 radical (unpaired) electrons. The molecule has 2 rings (SSSR count). The van der Waals surface area contributed by atoms with Crippen molar-refractivity contribution in [1.29, 1.82) is 0 Å². The van der Waals surface area contributed by atoms with Gasteiger partial charge in [0.25, 0.3) is 0 Å². The molecule has 0 saturated heterocycles. The topological polar surface area (TPSA) is 24.9 Å². The highest BCUT2D eigenvalue weighted by Gasteiger charge is 2.20. The first-order valence-electron chi connectivity index (χ1n) is 6.33. The Morgan fingerprint density at radius 3 is 2.62 bits per heavy atom. The fourth-order valence-corrected chi connectivity index (χ4v) is 3.21. The number of aromatic nitrogens is 1. The van der Waals surface area contributed by atoms with Gasteiger partial charge in [0.15, 0.2) is 0 Å². The average Bonchev–Trinajstić information content (AvgIpc) is 2.68. The van der Waals surface area contributed by atoms with Crippen molar-refractivity contribution in [3.63, 3.8) is 0 Å². The van der Waals surface area contributed by atoms with Gasteiger partial charge in [-0.3, -0.25) is 0 Å². The van der Waals surface area contributed by atoms with Crippen LogP contribution in [-0.2, 0) is 0 Å². The third kappa shape index (κ3) is 3.05. The predicted octanol–water partition coefficient (Wildman–Crippen LogP) is 3.68. The van der Waals surface area contributed by atoms with Crippen LogP contribution in [0.25, 0.3) is 0 Å². The maximum absolute atomic E-state index is 4.45.